The van der Waals surface area contributed by atoms with Gasteiger partial charge in [0.1, 0.15) is 11.5 Å². The fourth-order valence-electron chi connectivity index (χ4n) is 3.43. The molecule has 2 aliphatic rings. The van der Waals surface area contributed by atoms with Gasteiger partial charge in [0.05, 0.1) is 27.8 Å². The van der Waals surface area contributed by atoms with E-state index in [0.717, 1.165) is 0 Å². The number of fused-ring (bicyclic) bond motifs is 2. The van der Waals surface area contributed by atoms with Crippen LogP contribution < -0.4 is 9.47 Å². The molecule has 1 unspecified atom stereocenters. The standard InChI is InChI=1S/C24H12O10/c25-19(11-1-7-15-17(9-11)23(29)33-21(15)27)31-13-3-5-14(6-4-13)32-20(26)12-2-8-16-18(10-12)24(30)34-22(16)28/h1-10,23,29H. The Balaban J connectivity index is 1.25. The Kier molecular flexibility index (Phi) is 4.91. The smallest absolute Gasteiger partial charge is 0.346 e. The van der Waals surface area contributed by atoms with Crippen molar-refractivity contribution in [3.63, 3.8) is 0 Å². The number of carbonyl (C=O) groups excluding carboxylic acids is 5. The summed E-state index contributed by atoms with van der Waals surface area (Å²) in [5.74, 6) is -3.51. The summed E-state index contributed by atoms with van der Waals surface area (Å²) in [6.45, 7) is 0. The second-order valence-corrected chi connectivity index (χ2v) is 7.25. The van der Waals surface area contributed by atoms with E-state index in [9.17, 15) is 29.1 Å². The largest absolute Gasteiger partial charge is 0.428 e. The number of benzene rings is 3. The van der Waals surface area contributed by atoms with Gasteiger partial charge < -0.3 is 24.1 Å². The molecule has 2 heterocycles. The molecule has 168 valence electrons. The van der Waals surface area contributed by atoms with Crippen LogP contribution in [0.3, 0.4) is 0 Å². The molecule has 1 N–H and O–H groups in total. The summed E-state index contributed by atoms with van der Waals surface area (Å²) in [6, 6.07) is 13.5. The van der Waals surface area contributed by atoms with Crippen molar-refractivity contribution in [1.82, 2.24) is 0 Å². The Morgan fingerprint density at radius 3 is 1.82 bits per heavy atom. The van der Waals surface area contributed by atoms with Crippen molar-refractivity contribution in [2.24, 2.45) is 0 Å². The van der Waals surface area contributed by atoms with Crippen molar-refractivity contribution >= 4 is 29.8 Å². The number of rotatable bonds is 4. The first-order chi connectivity index (χ1) is 16.3. The van der Waals surface area contributed by atoms with Gasteiger partial charge >= 0.3 is 29.8 Å². The monoisotopic (exact) mass is 460 g/mol. The highest BCUT2D eigenvalue weighted by Gasteiger charge is 2.31. The summed E-state index contributed by atoms with van der Waals surface area (Å²) >= 11 is 0. The number of aliphatic hydroxyl groups is 1. The van der Waals surface area contributed by atoms with Gasteiger partial charge in [-0.25, -0.2) is 24.0 Å². The van der Waals surface area contributed by atoms with Crippen LogP contribution in [-0.2, 0) is 9.47 Å². The second-order valence-electron chi connectivity index (χ2n) is 7.25. The summed E-state index contributed by atoms with van der Waals surface area (Å²) in [6.07, 6.45) is -1.44. The van der Waals surface area contributed by atoms with Gasteiger partial charge in [0.15, 0.2) is 0 Å². The number of aliphatic hydroxyl groups excluding tert-OH is 1. The predicted octanol–water partition coefficient (Wildman–Crippen LogP) is 2.60. The Labute approximate surface area is 190 Å². The zero-order valence-electron chi connectivity index (χ0n) is 17.0. The molecule has 1 atom stereocenters. The Bertz CT molecular complexity index is 1400. The zero-order valence-corrected chi connectivity index (χ0v) is 17.0. The Morgan fingerprint density at radius 2 is 1.21 bits per heavy atom. The van der Waals surface area contributed by atoms with E-state index in [1.165, 1.54) is 60.7 Å². The number of hydrogen-bond acceptors (Lipinski definition) is 10. The third-order valence-corrected chi connectivity index (χ3v) is 5.12. The molecule has 0 aromatic heterocycles. The normalized spacial score (nSPS) is 15.8. The molecule has 0 radical (unpaired) electrons. The van der Waals surface area contributed by atoms with Gasteiger partial charge in [-0.3, -0.25) is 0 Å². The summed E-state index contributed by atoms with van der Waals surface area (Å²) in [7, 11) is 0. The molecular formula is C24H12O10. The van der Waals surface area contributed by atoms with E-state index in [1.807, 2.05) is 0 Å². The average Bonchev–Trinajstić information content (AvgIpc) is 3.28. The van der Waals surface area contributed by atoms with E-state index in [4.69, 9.17) is 9.47 Å². The molecular weight excluding hydrogens is 448 g/mol. The van der Waals surface area contributed by atoms with Crippen molar-refractivity contribution in [3.05, 3.63) is 94.0 Å². The quantitative estimate of drug-likeness (QED) is 0.351. The SMILES string of the molecule is O=C(Oc1ccc(OC(=O)c2ccc3c(c2)C(O)OC3=O)cc1)c1ccc2c(c1)C(=O)OC2=O. The van der Waals surface area contributed by atoms with E-state index in [2.05, 4.69) is 9.47 Å². The van der Waals surface area contributed by atoms with E-state index >= 15 is 0 Å². The maximum Gasteiger partial charge on any atom is 0.346 e. The van der Waals surface area contributed by atoms with Gasteiger partial charge in [-0.05, 0) is 60.7 Å². The van der Waals surface area contributed by atoms with Crippen LogP contribution in [-0.4, -0.2) is 35.0 Å². The van der Waals surface area contributed by atoms with Gasteiger partial charge in [-0.1, -0.05) is 0 Å². The fraction of sp³-hybridized carbons (Fsp3) is 0.0417. The first-order valence-corrected chi connectivity index (χ1v) is 9.78. The van der Waals surface area contributed by atoms with E-state index in [-0.39, 0.29) is 44.9 Å². The molecule has 5 rings (SSSR count). The van der Waals surface area contributed by atoms with Gasteiger partial charge in [0.25, 0.3) is 0 Å². The summed E-state index contributed by atoms with van der Waals surface area (Å²) < 4.78 is 19.7. The van der Waals surface area contributed by atoms with Gasteiger partial charge in [0, 0.05) is 5.56 Å². The van der Waals surface area contributed by atoms with Crippen LogP contribution in [0.5, 0.6) is 11.5 Å². The number of ether oxygens (including phenoxy) is 4. The molecule has 0 bridgehead atoms. The summed E-state index contributed by atoms with van der Waals surface area (Å²) in [4.78, 5) is 59.5. The minimum Gasteiger partial charge on any atom is -0.428 e. The van der Waals surface area contributed by atoms with E-state index in [1.54, 1.807) is 0 Å². The third-order valence-electron chi connectivity index (χ3n) is 5.12. The number of hydrogen-bond donors (Lipinski definition) is 1. The molecule has 10 nitrogen and oxygen atoms in total. The fourth-order valence-corrected chi connectivity index (χ4v) is 3.43. The topological polar surface area (TPSA) is 142 Å². The van der Waals surface area contributed by atoms with Crippen molar-refractivity contribution in [2.75, 3.05) is 0 Å². The van der Waals surface area contributed by atoms with E-state index in [0.29, 0.717) is 0 Å². The molecule has 0 aliphatic carbocycles. The minimum absolute atomic E-state index is 0.0169. The van der Waals surface area contributed by atoms with Crippen molar-refractivity contribution in [1.29, 1.82) is 0 Å². The van der Waals surface area contributed by atoms with Crippen LogP contribution in [0.15, 0.2) is 60.7 Å². The van der Waals surface area contributed by atoms with Crippen LogP contribution >= 0.6 is 0 Å². The lowest BCUT2D eigenvalue weighted by molar-refractivity contribution is -0.0548. The highest BCUT2D eigenvalue weighted by molar-refractivity contribution is 6.15. The molecule has 3 aromatic carbocycles. The van der Waals surface area contributed by atoms with Crippen molar-refractivity contribution in [2.45, 2.75) is 6.29 Å². The highest BCUT2D eigenvalue weighted by Crippen LogP contribution is 2.30. The number of cyclic esters (lactones) is 3. The molecule has 10 heteroatoms. The molecule has 0 spiro atoms. The number of esters is 5. The molecule has 0 saturated carbocycles. The lowest BCUT2D eigenvalue weighted by atomic mass is 10.1. The molecule has 0 saturated heterocycles. The predicted molar refractivity (Wildman–Crippen MR) is 109 cm³/mol. The molecule has 3 aromatic rings. The third kappa shape index (κ3) is 3.67. The maximum absolute atomic E-state index is 12.4. The molecule has 0 fully saturated rings. The maximum atomic E-state index is 12.4. The van der Waals surface area contributed by atoms with Gasteiger partial charge in [-0.2, -0.15) is 0 Å². The highest BCUT2D eigenvalue weighted by atomic mass is 16.6. The lowest BCUT2D eigenvalue weighted by Crippen LogP contribution is -2.11. The second kappa shape index (κ2) is 7.94. The van der Waals surface area contributed by atoms with E-state index < -0.39 is 36.1 Å². The van der Waals surface area contributed by atoms with Gasteiger partial charge in [-0.15, -0.1) is 0 Å². The van der Waals surface area contributed by atoms with Crippen LogP contribution in [0.1, 0.15) is 63.6 Å². The zero-order chi connectivity index (χ0) is 24.0. The summed E-state index contributed by atoms with van der Waals surface area (Å²) in [5, 5.41) is 9.73. The minimum atomic E-state index is -1.44. The lowest BCUT2D eigenvalue weighted by Gasteiger charge is -2.08. The average molecular weight is 460 g/mol. The molecule has 0 amide bonds. The van der Waals surface area contributed by atoms with Crippen LogP contribution in [0, 0.1) is 0 Å². The van der Waals surface area contributed by atoms with Gasteiger partial charge in [0.2, 0.25) is 6.29 Å². The first kappa shape index (κ1) is 21.0. The molecule has 34 heavy (non-hydrogen) atoms. The van der Waals surface area contributed by atoms with Crippen molar-refractivity contribution in [3.8, 4) is 11.5 Å². The van der Waals surface area contributed by atoms with Crippen LogP contribution in [0.2, 0.25) is 0 Å². The Morgan fingerprint density at radius 1 is 0.676 bits per heavy atom. The number of carbonyl (C=O) groups is 5. The first-order valence-electron chi connectivity index (χ1n) is 9.78. The van der Waals surface area contributed by atoms with Crippen molar-refractivity contribution < 1.29 is 48.0 Å². The Hall–Kier alpha value is -4.83. The molecule has 2 aliphatic heterocycles. The summed E-state index contributed by atoms with van der Waals surface area (Å²) in [5.41, 5.74) is 0.539. The van der Waals surface area contributed by atoms with Crippen LogP contribution in [0.4, 0.5) is 0 Å². The van der Waals surface area contributed by atoms with Crippen LogP contribution in [0.25, 0.3) is 0 Å².